The number of nitrogens with one attached hydrogen (secondary N) is 1. The monoisotopic (exact) mass is 392 g/mol. The summed E-state index contributed by atoms with van der Waals surface area (Å²) in [5.41, 5.74) is 1.71. The van der Waals surface area contributed by atoms with Crippen molar-refractivity contribution in [3.63, 3.8) is 0 Å². The molecule has 2 aliphatic rings. The molecule has 3 rings (SSSR count). The standard InChI is InChI=1S/C14H15BrF2N2O2S/c15-12-9-5-14(16,17)7-19-6-8(3-1-2-4-20)18-13(21)11(22-12)10(9)19/h6,20H,1-5,7H2,(H,18,21). The van der Waals surface area contributed by atoms with Crippen LogP contribution in [0.2, 0.25) is 0 Å². The van der Waals surface area contributed by atoms with Gasteiger partial charge in [-0.3, -0.25) is 4.79 Å². The summed E-state index contributed by atoms with van der Waals surface area (Å²) >= 11 is 4.49. The number of aliphatic hydroxyl groups excluding tert-OH is 1. The highest BCUT2D eigenvalue weighted by Gasteiger charge is 2.43. The molecule has 3 heterocycles. The van der Waals surface area contributed by atoms with E-state index in [9.17, 15) is 13.6 Å². The molecule has 0 saturated carbocycles. The first-order valence-corrected chi connectivity index (χ1v) is 8.61. The number of hydrogen-bond donors (Lipinski definition) is 2. The van der Waals surface area contributed by atoms with E-state index < -0.39 is 12.5 Å². The van der Waals surface area contributed by atoms with E-state index in [0.29, 0.717) is 44.9 Å². The molecule has 8 heteroatoms. The molecular weight excluding hydrogens is 378 g/mol. The van der Waals surface area contributed by atoms with Crippen molar-refractivity contribution in [1.29, 1.82) is 0 Å². The Labute approximate surface area is 138 Å². The van der Waals surface area contributed by atoms with Gasteiger partial charge in [-0.25, -0.2) is 8.78 Å². The predicted molar refractivity (Wildman–Crippen MR) is 84.5 cm³/mol. The fourth-order valence-electron chi connectivity index (χ4n) is 2.77. The minimum atomic E-state index is -2.83. The van der Waals surface area contributed by atoms with Crippen LogP contribution in [0.25, 0.3) is 0 Å². The van der Waals surface area contributed by atoms with E-state index in [1.54, 1.807) is 6.20 Å². The van der Waals surface area contributed by atoms with Crippen molar-refractivity contribution in [3.05, 3.63) is 26.1 Å². The van der Waals surface area contributed by atoms with E-state index in [2.05, 4.69) is 21.2 Å². The molecule has 4 nitrogen and oxygen atoms in total. The Morgan fingerprint density at radius 2 is 2.23 bits per heavy atom. The third kappa shape index (κ3) is 2.91. The average Bonchev–Trinajstić information content (AvgIpc) is 2.68. The number of alkyl halides is 2. The summed E-state index contributed by atoms with van der Waals surface area (Å²) in [6.45, 7) is -0.345. The van der Waals surface area contributed by atoms with Gasteiger partial charge in [-0.2, -0.15) is 0 Å². The lowest BCUT2D eigenvalue weighted by Gasteiger charge is -2.32. The summed E-state index contributed by atoms with van der Waals surface area (Å²) < 4.78 is 28.5. The average molecular weight is 393 g/mol. The third-order valence-corrected chi connectivity index (χ3v) is 5.67. The Hall–Kier alpha value is -0.990. The van der Waals surface area contributed by atoms with Gasteiger partial charge < -0.3 is 15.3 Å². The maximum absolute atomic E-state index is 14.0. The summed E-state index contributed by atoms with van der Waals surface area (Å²) in [5, 5.41) is 11.6. The SMILES string of the molecule is O=C1NC(CCCCO)=CN2CC(F)(F)Cc3c(Br)sc1c32. The van der Waals surface area contributed by atoms with Crippen LogP contribution in [0.15, 0.2) is 15.7 Å². The van der Waals surface area contributed by atoms with Crippen molar-refractivity contribution < 1.29 is 18.7 Å². The highest BCUT2D eigenvalue weighted by atomic mass is 79.9. The quantitative estimate of drug-likeness (QED) is 0.773. The Bertz CT molecular complexity index is 645. The van der Waals surface area contributed by atoms with Gasteiger partial charge in [0.2, 0.25) is 0 Å². The molecule has 0 aromatic carbocycles. The zero-order valence-electron chi connectivity index (χ0n) is 11.7. The number of thiophene rings is 1. The van der Waals surface area contributed by atoms with Crippen LogP contribution < -0.4 is 10.2 Å². The van der Waals surface area contributed by atoms with Crippen LogP contribution >= 0.6 is 27.3 Å². The van der Waals surface area contributed by atoms with Gasteiger partial charge in [0, 0.05) is 30.5 Å². The van der Waals surface area contributed by atoms with Crippen LogP contribution in [0, 0.1) is 0 Å². The zero-order valence-corrected chi connectivity index (χ0v) is 14.1. The van der Waals surface area contributed by atoms with Crippen molar-refractivity contribution in [2.75, 3.05) is 18.1 Å². The lowest BCUT2D eigenvalue weighted by atomic mass is 10.0. The number of hydrogen-bond acceptors (Lipinski definition) is 4. The number of allylic oxidation sites excluding steroid dienone is 1. The maximum Gasteiger partial charge on any atom is 0.269 e. The van der Waals surface area contributed by atoms with Crippen molar-refractivity contribution in [3.8, 4) is 0 Å². The fraction of sp³-hybridized carbons (Fsp3) is 0.500. The number of rotatable bonds is 4. The van der Waals surface area contributed by atoms with Crippen molar-refractivity contribution in [2.24, 2.45) is 0 Å². The highest BCUT2D eigenvalue weighted by molar-refractivity contribution is 9.11. The summed E-state index contributed by atoms with van der Waals surface area (Å²) in [6, 6.07) is 0. The number of amides is 1. The normalized spacial score (nSPS) is 19.4. The smallest absolute Gasteiger partial charge is 0.269 e. The molecule has 0 spiro atoms. The van der Waals surface area contributed by atoms with Crippen LogP contribution in [0.3, 0.4) is 0 Å². The molecule has 1 aromatic rings. The molecule has 0 aliphatic carbocycles. The van der Waals surface area contributed by atoms with E-state index in [4.69, 9.17) is 5.11 Å². The molecule has 0 unspecified atom stereocenters. The number of carbonyl (C=O) groups is 1. The van der Waals surface area contributed by atoms with E-state index in [1.165, 1.54) is 16.2 Å². The maximum atomic E-state index is 14.0. The van der Waals surface area contributed by atoms with E-state index in [-0.39, 0.29) is 18.9 Å². The second-order valence-corrected chi connectivity index (χ2v) is 7.82. The molecule has 0 fully saturated rings. The van der Waals surface area contributed by atoms with Gasteiger partial charge in [0.25, 0.3) is 11.8 Å². The Balaban J connectivity index is 1.98. The van der Waals surface area contributed by atoms with Crippen LogP contribution in [0.1, 0.15) is 34.5 Å². The Morgan fingerprint density at radius 1 is 1.45 bits per heavy atom. The van der Waals surface area contributed by atoms with Crippen molar-refractivity contribution in [1.82, 2.24) is 5.32 Å². The summed E-state index contributed by atoms with van der Waals surface area (Å²) in [6.07, 6.45) is 3.10. The molecule has 0 radical (unpaired) electrons. The molecule has 0 bridgehead atoms. The first-order valence-electron chi connectivity index (χ1n) is 7.00. The topological polar surface area (TPSA) is 52.6 Å². The molecule has 120 valence electrons. The van der Waals surface area contributed by atoms with Gasteiger partial charge in [0.15, 0.2) is 0 Å². The fourth-order valence-corrected chi connectivity index (χ4v) is 4.54. The third-order valence-electron chi connectivity index (χ3n) is 3.70. The Morgan fingerprint density at radius 3 is 2.95 bits per heavy atom. The van der Waals surface area contributed by atoms with Gasteiger partial charge in [0.05, 0.1) is 16.0 Å². The minimum absolute atomic E-state index is 0.0768. The predicted octanol–water partition coefficient (Wildman–Crippen LogP) is 3.26. The zero-order chi connectivity index (χ0) is 15.9. The number of nitrogens with zero attached hydrogens (tertiary/aromatic N) is 1. The molecule has 0 saturated heterocycles. The van der Waals surface area contributed by atoms with Gasteiger partial charge in [-0.15, -0.1) is 11.3 Å². The lowest BCUT2D eigenvalue weighted by molar-refractivity contribution is 0.00746. The summed E-state index contributed by atoms with van der Waals surface area (Å²) in [5.74, 6) is -3.08. The number of carbonyl (C=O) groups excluding carboxylic acids is 1. The molecule has 1 amide bonds. The summed E-state index contributed by atoms with van der Waals surface area (Å²) in [4.78, 5) is 14.3. The van der Waals surface area contributed by atoms with Crippen molar-refractivity contribution in [2.45, 2.75) is 31.6 Å². The van der Waals surface area contributed by atoms with Crippen LogP contribution in [-0.2, 0) is 6.42 Å². The van der Waals surface area contributed by atoms with Gasteiger partial charge in [-0.05, 0) is 35.2 Å². The largest absolute Gasteiger partial charge is 0.396 e. The van der Waals surface area contributed by atoms with Gasteiger partial charge in [-0.1, -0.05) is 0 Å². The van der Waals surface area contributed by atoms with E-state index in [0.717, 1.165) is 0 Å². The summed E-state index contributed by atoms with van der Waals surface area (Å²) in [7, 11) is 0. The Kier molecular flexibility index (Phi) is 4.26. The second kappa shape index (κ2) is 5.90. The van der Waals surface area contributed by atoms with Crippen molar-refractivity contribution >= 4 is 38.9 Å². The van der Waals surface area contributed by atoms with E-state index >= 15 is 0 Å². The molecular formula is C14H15BrF2N2O2S. The highest BCUT2D eigenvalue weighted by Crippen LogP contribution is 2.47. The lowest BCUT2D eigenvalue weighted by Crippen LogP contribution is -2.40. The number of aliphatic hydroxyl groups is 1. The molecule has 2 aliphatic heterocycles. The first-order chi connectivity index (χ1) is 10.4. The van der Waals surface area contributed by atoms with Crippen LogP contribution in [-0.4, -0.2) is 30.1 Å². The minimum Gasteiger partial charge on any atom is -0.396 e. The number of unbranched alkanes of at least 4 members (excludes halogenated alkanes) is 1. The molecule has 2 N–H and O–H groups in total. The number of anilines is 1. The molecule has 1 aromatic heterocycles. The second-order valence-electron chi connectivity index (χ2n) is 5.48. The van der Waals surface area contributed by atoms with Gasteiger partial charge >= 0.3 is 0 Å². The first kappa shape index (κ1) is 15.9. The van der Waals surface area contributed by atoms with E-state index in [1.807, 2.05) is 0 Å². The number of halogens is 3. The van der Waals surface area contributed by atoms with Crippen LogP contribution in [0.5, 0.6) is 0 Å². The molecule has 0 atom stereocenters. The van der Waals surface area contributed by atoms with Gasteiger partial charge in [0.1, 0.15) is 4.88 Å². The van der Waals surface area contributed by atoms with Crippen LogP contribution in [0.4, 0.5) is 14.5 Å². The molecule has 22 heavy (non-hydrogen) atoms.